The lowest BCUT2D eigenvalue weighted by Crippen LogP contribution is -2.40. The Morgan fingerprint density at radius 2 is 1.71 bits per heavy atom. The van der Waals surface area contributed by atoms with Crippen molar-refractivity contribution in [3.8, 4) is 0 Å². The fourth-order valence-corrected chi connectivity index (χ4v) is 2.49. The molecule has 1 heterocycles. The highest BCUT2D eigenvalue weighted by molar-refractivity contribution is 5.27. The van der Waals surface area contributed by atoms with Crippen LogP contribution in [0.3, 0.4) is 0 Å². The van der Waals surface area contributed by atoms with Gasteiger partial charge in [-0.25, -0.2) is 0 Å². The maximum Gasteiger partial charge on any atom is 0.311 e. The molecule has 2 unspecified atom stereocenters. The third-order valence-electron chi connectivity index (χ3n) is 3.75. The van der Waals surface area contributed by atoms with E-state index in [1.54, 1.807) is 12.1 Å². The van der Waals surface area contributed by atoms with Gasteiger partial charge in [0.05, 0.1) is 12.6 Å². The average molecular weight is 289 g/mol. The van der Waals surface area contributed by atoms with Crippen molar-refractivity contribution in [2.75, 3.05) is 6.61 Å². The molecule has 0 radical (unpaired) electrons. The Morgan fingerprint density at radius 1 is 1.05 bits per heavy atom. The molecule has 0 aromatic heterocycles. The number of aryl methyl sites for hydroxylation is 1. The van der Waals surface area contributed by atoms with Gasteiger partial charge in [0.25, 0.3) is 0 Å². The van der Waals surface area contributed by atoms with Crippen molar-refractivity contribution in [3.63, 3.8) is 0 Å². The summed E-state index contributed by atoms with van der Waals surface area (Å²) in [7, 11) is 0. The lowest BCUT2D eigenvalue weighted by Gasteiger charge is -2.23. The first-order valence-electron chi connectivity index (χ1n) is 6.95. The number of ether oxygens (including phenoxy) is 1. The molecule has 0 bridgehead atoms. The van der Waals surface area contributed by atoms with Crippen LogP contribution in [0.2, 0.25) is 0 Å². The summed E-state index contributed by atoms with van der Waals surface area (Å²) in [5.41, 5.74) is 1.89. The Morgan fingerprint density at radius 3 is 2.38 bits per heavy atom. The second-order valence-corrected chi connectivity index (χ2v) is 5.33. The van der Waals surface area contributed by atoms with E-state index in [0.717, 1.165) is 11.1 Å². The van der Waals surface area contributed by atoms with E-state index in [2.05, 4.69) is 5.32 Å². The van der Waals surface area contributed by atoms with Gasteiger partial charge in [-0.05, 0) is 12.5 Å². The summed E-state index contributed by atoms with van der Waals surface area (Å²) in [4.78, 5) is 0. The van der Waals surface area contributed by atoms with Crippen molar-refractivity contribution < 1.29 is 13.5 Å². The Balaban J connectivity index is 1.77. The van der Waals surface area contributed by atoms with Crippen molar-refractivity contribution in [2.45, 2.75) is 25.1 Å². The molecule has 1 aliphatic heterocycles. The summed E-state index contributed by atoms with van der Waals surface area (Å²) in [5, 5.41) is 2.89. The highest BCUT2D eigenvalue weighted by Crippen LogP contribution is 2.36. The van der Waals surface area contributed by atoms with Gasteiger partial charge in [0.1, 0.15) is 0 Å². The second-order valence-electron chi connectivity index (χ2n) is 5.33. The minimum Gasteiger partial charge on any atom is -0.355 e. The van der Waals surface area contributed by atoms with Gasteiger partial charge in [-0.2, -0.15) is 8.78 Å². The van der Waals surface area contributed by atoms with Crippen LogP contribution in [0.25, 0.3) is 0 Å². The maximum atomic E-state index is 14.5. The Hall–Kier alpha value is -1.78. The summed E-state index contributed by atoms with van der Waals surface area (Å²) in [6.07, 6.45) is -1.30. The number of rotatable bonds is 3. The SMILES string of the molecule is Cc1ccc(C(F)(F)C2NC(c3ccccc3)CO2)cc1. The average Bonchev–Trinajstić information content (AvgIpc) is 2.99. The van der Waals surface area contributed by atoms with Crippen LogP contribution in [-0.4, -0.2) is 12.8 Å². The second kappa shape index (κ2) is 5.54. The zero-order valence-electron chi connectivity index (χ0n) is 11.7. The van der Waals surface area contributed by atoms with Gasteiger partial charge in [-0.1, -0.05) is 60.2 Å². The molecule has 0 saturated carbocycles. The van der Waals surface area contributed by atoms with E-state index in [1.807, 2.05) is 37.3 Å². The van der Waals surface area contributed by atoms with Gasteiger partial charge >= 0.3 is 5.92 Å². The van der Waals surface area contributed by atoms with Crippen LogP contribution in [0.1, 0.15) is 22.7 Å². The lowest BCUT2D eigenvalue weighted by atomic mass is 10.0. The molecule has 1 aliphatic rings. The number of hydrogen-bond acceptors (Lipinski definition) is 2. The van der Waals surface area contributed by atoms with E-state index in [0.29, 0.717) is 0 Å². The fraction of sp³-hybridized carbons (Fsp3) is 0.294. The highest BCUT2D eigenvalue weighted by Gasteiger charge is 2.46. The maximum absolute atomic E-state index is 14.5. The van der Waals surface area contributed by atoms with Crippen LogP contribution in [0.5, 0.6) is 0 Å². The van der Waals surface area contributed by atoms with Gasteiger partial charge in [0.2, 0.25) is 0 Å². The van der Waals surface area contributed by atoms with Crippen molar-refractivity contribution in [1.29, 1.82) is 0 Å². The molecule has 110 valence electrons. The van der Waals surface area contributed by atoms with Crippen LogP contribution in [-0.2, 0) is 10.7 Å². The van der Waals surface area contributed by atoms with Crippen LogP contribution < -0.4 is 5.32 Å². The van der Waals surface area contributed by atoms with Crippen LogP contribution in [0, 0.1) is 6.92 Å². The van der Waals surface area contributed by atoms with E-state index >= 15 is 0 Å². The van der Waals surface area contributed by atoms with Crippen LogP contribution in [0.4, 0.5) is 8.78 Å². The molecule has 2 aromatic carbocycles. The van der Waals surface area contributed by atoms with Gasteiger partial charge in [-0.3, -0.25) is 5.32 Å². The molecule has 1 saturated heterocycles. The third kappa shape index (κ3) is 2.82. The zero-order valence-corrected chi connectivity index (χ0v) is 11.7. The molecule has 0 aliphatic carbocycles. The Kier molecular flexibility index (Phi) is 3.74. The number of halogens is 2. The van der Waals surface area contributed by atoms with Crippen LogP contribution in [0.15, 0.2) is 54.6 Å². The highest BCUT2D eigenvalue weighted by atomic mass is 19.3. The molecular formula is C17H17F2NO. The zero-order chi connectivity index (χ0) is 14.9. The molecule has 21 heavy (non-hydrogen) atoms. The van der Waals surface area contributed by atoms with E-state index in [1.165, 1.54) is 12.1 Å². The van der Waals surface area contributed by atoms with E-state index < -0.39 is 12.2 Å². The number of hydrogen-bond donors (Lipinski definition) is 1. The summed E-state index contributed by atoms with van der Waals surface area (Å²) in [6, 6.07) is 15.6. The number of nitrogens with one attached hydrogen (secondary N) is 1. The van der Waals surface area contributed by atoms with E-state index in [4.69, 9.17) is 4.74 Å². The summed E-state index contributed by atoms with van der Waals surface area (Å²) < 4.78 is 34.3. The molecular weight excluding hydrogens is 272 g/mol. The van der Waals surface area contributed by atoms with Crippen LogP contribution >= 0.6 is 0 Å². The standard InChI is InChI=1S/C17H17F2NO/c1-12-7-9-14(10-8-12)17(18,19)16-20-15(11-21-16)13-5-3-2-4-6-13/h2-10,15-16,20H,11H2,1H3. The van der Waals surface area contributed by atoms with Gasteiger partial charge in [-0.15, -0.1) is 0 Å². The summed E-state index contributed by atoms with van der Waals surface area (Å²) in [5.74, 6) is -3.06. The molecule has 2 nitrogen and oxygen atoms in total. The first-order valence-corrected chi connectivity index (χ1v) is 6.95. The van der Waals surface area contributed by atoms with Crippen molar-refractivity contribution >= 4 is 0 Å². The molecule has 0 spiro atoms. The van der Waals surface area contributed by atoms with Crippen molar-refractivity contribution in [2.24, 2.45) is 0 Å². The largest absolute Gasteiger partial charge is 0.355 e. The number of alkyl halides is 2. The molecule has 1 fully saturated rings. The molecule has 0 amide bonds. The summed E-state index contributed by atoms with van der Waals surface area (Å²) >= 11 is 0. The molecule has 4 heteroatoms. The molecule has 2 atom stereocenters. The predicted octanol–water partition coefficient (Wildman–Crippen LogP) is 3.77. The van der Waals surface area contributed by atoms with Gasteiger partial charge < -0.3 is 4.74 Å². The van der Waals surface area contributed by atoms with E-state index in [-0.39, 0.29) is 18.2 Å². The minimum absolute atomic E-state index is 0.0284. The minimum atomic E-state index is -3.06. The fourth-order valence-electron chi connectivity index (χ4n) is 2.49. The lowest BCUT2D eigenvalue weighted by molar-refractivity contribution is -0.130. The third-order valence-corrected chi connectivity index (χ3v) is 3.75. The topological polar surface area (TPSA) is 21.3 Å². The van der Waals surface area contributed by atoms with Gasteiger partial charge in [0, 0.05) is 5.56 Å². The number of benzene rings is 2. The smallest absolute Gasteiger partial charge is 0.311 e. The molecule has 1 N–H and O–H groups in total. The van der Waals surface area contributed by atoms with Crippen molar-refractivity contribution in [1.82, 2.24) is 5.32 Å². The normalized spacial score (nSPS) is 22.4. The van der Waals surface area contributed by atoms with Crippen molar-refractivity contribution in [3.05, 3.63) is 71.3 Å². The first kappa shape index (κ1) is 14.2. The monoisotopic (exact) mass is 289 g/mol. The Labute approximate surface area is 122 Å². The summed E-state index contributed by atoms with van der Waals surface area (Å²) in [6.45, 7) is 2.12. The van der Waals surface area contributed by atoms with E-state index in [9.17, 15) is 8.78 Å². The molecule has 2 aromatic rings. The first-order chi connectivity index (χ1) is 10.1. The molecule has 3 rings (SSSR count). The van der Waals surface area contributed by atoms with Gasteiger partial charge in [0.15, 0.2) is 6.23 Å². The Bertz CT molecular complexity index is 598. The predicted molar refractivity (Wildman–Crippen MR) is 77.1 cm³/mol. The quantitative estimate of drug-likeness (QED) is 0.928.